The molecule has 0 fully saturated rings. The third kappa shape index (κ3) is 3.78. The van der Waals surface area contributed by atoms with E-state index in [2.05, 4.69) is 37.0 Å². The lowest BCUT2D eigenvalue weighted by molar-refractivity contribution is 0.791. The molecule has 0 aliphatic carbocycles. The summed E-state index contributed by atoms with van der Waals surface area (Å²) in [6.45, 7) is 4.42. The van der Waals surface area contributed by atoms with Gasteiger partial charge < -0.3 is 0 Å². The zero-order chi connectivity index (χ0) is 13.5. The number of aliphatic imine (C=N–C) groups is 1. The number of aryl methyl sites for hydroxylation is 1. The van der Waals surface area contributed by atoms with Crippen LogP contribution in [0.2, 0.25) is 0 Å². The number of hydrogen-bond donors (Lipinski definition) is 0. The van der Waals surface area contributed by atoms with Crippen molar-refractivity contribution >= 4 is 11.9 Å². The van der Waals surface area contributed by atoms with Gasteiger partial charge in [0.25, 0.3) is 0 Å². The molecule has 0 saturated carbocycles. The molecule has 0 aliphatic rings. The van der Waals surface area contributed by atoms with E-state index < -0.39 is 0 Å². The molecule has 2 aromatic carbocycles. The van der Waals surface area contributed by atoms with E-state index in [0.717, 1.165) is 12.1 Å². The molecule has 19 heavy (non-hydrogen) atoms. The van der Waals surface area contributed by atoms with Gasteiger partial charge in [0.15, 0.2) is 0 Å². The molecule has 1 heteroatoms. The largest absolute Gasteiger partial charge is 0.256 e. The van der Waals surface area contributed by atoms with Crippen molar-refractivity contribution in [3.63, 3.8) is 0 Å². The molecule has 0 heterocycles. The van der Waals surface area contributed by atoms with Crippen molar-refractivity contribution in [2.75, 3.05) is 0 Å². The number of rotatable bonds is 5. The second-order valence-electron chi connectivity index (χ2n) is 4.83. The van der Waals surface area contributed by atoms with Crippen LogP contribution < -0.4 is 0 Å². The van der Waals surface area contributed by atoms with Gasteiger partial charge in [0.05, 0.1) is 5.69 Å². The summed E-state index contributed by atoms with van der Waals surface area (Å²) in [5.41, 5.74) is 5.02. The zero-order valence-electron chi connectivity index (χ0n) is 11.8. The summed E-state index contributed by atoms with van der Waals surface area (Å²) in [7, 11) is 0. The lowest BCUT2D eigenvalue weighted by Crippen LogP contribution is -1.94. The average molecular weight is 251 g/mol. The van der Waals surface area contributed by atoms with Crippen LogP contribution in [0.3, 0.4) is 0 Å². The number of benzene rings is 2. The molecule has 2 aromatic rings. The van der Waals surface area contributed by atoms with Gasteiger partial charge in [-0.15, -0.1) is 0 Å². The molecule has 0 unspecified atom stereocenters. The molecule has 2 rings (SSSR count). The Labute approximate surface area is 116 Å². The minimum atomic E-state index is 1.00. The first-order valence-electron chi connectivity index (χ1n) is 6.99. The Kier molecular flexibility index (Phi) is 4.91. The van der Waals surface area contributed by atoms with E-state index in [1.165, 1.54) is 29.5 Å². The molecule has 1 nitrogen and oxygen atoms in total. The topological polar surface area (TPSA) is 12.4 Å². The summed E-state index contributed by atoms with van der Waals surface area (Å²) in [6, 6.07) is 16.6. The summed E-state index contributed by atoms with van der Waals surface area (Å²) in [5.74, 6) is 0. The summed E-state index contributed by atoms with van der Waals surface area (Å²) < 4.78 is 0. The number of para-hydroxylation sites is 1. The Morgan fingerprint density at radius 3 is 2.53 bits per heavy atom. The van der Waals surface area contributed by atoms with Crippen molar-refractivity contribution in [2.24, 2.45) is 4.99 Å². The number of nitrogens with zero attached hydrogens (tertiary/aromatic N) is 1. The van der Waals surface area contributed by atoms with E-state index in [1.54, 1.807) is 0 Å². The maximum atomic E-state index is 4.53. The van der Waals surface area contributed by atoms with Crippen molar-refractivity contribution in [2.45, 2.75) is 33.1 Å². The third-order valence-corrected chi connectivity index (χ3v) is 3.40. The fourth-order valence-corrected chi connectivity index (χ4v) is 2.14. The van der Waals surface area contributed by atoms with Crippen LogP contribution in [0.1, 0.15) is 36.5 Å². The van der Waals surface area contributed by atoms with Crippen LogP contribution >= 0.6 is 0 Å². The van der Waals surface area contributed by atoms with Gasteiger partial charge in [0.2, 0.25) is 0 Å². The van der Waals surface area contributed by atoms with Gasteiger partial charge in [-0.3, -0.25) is 4.99 Å². The molecular formula is C18H21N. The summed E-state index contributed by atoms with van der Waals surface area (Å²) in [6.07, 6.45) is 5.62. The molecule has 0 aromatic heterocycles. The maximum Gasteiger partial charge on any atom is 0.0629 e. The van der Waals surface area contributed by atoms with Crippen LogP contribution in [0.4, 0.5) is 5.69 Å². The van der Waals surface area contributed by atoms with Crippen LogP contribution in [-0.2, 0) is 6.42 Å². The molecule has 0 spiro atoms. The monoisotopic (exact) mass is 251 g/mol. The second kappa shape index (κ2) is 6.89. The minimum Gasteiger partial charge on any atom is -0.256 e. The van der Waals surface area contributed by atoms with Crippen molar-refractivity contribution < 1.29 is 0 Å². The maximum absolute atomic E-state index is 4.53. The van der Waals surface area contributed by atoms with E-state index in [-0.39, 0.29) is 0 Å². The minimum absolute atomic E-state index is 1.00. The van der Waals surface area contributed by atoms with Gasteiger partial charge in [-0.25, -0.2) is 0 Å². The number of hydrogen-bond acceptors (Lipinski definition) is 1. The van der Waals surface area contributed by atoms with E-state index in [9.17, 15) is 0 Å². The van der Waals surface area contributed by atoms with E-state index >= 15 is 0 Å². The van der Waals surface area contributed by atoms with Crippen LogP contribution in [0.25, 0.3) is 0 Å². The van der Waals surface area contributed by atoms with Crippen LogP contribution in [-0.4, -0.2) is 6.21 Å². The molecule has 0 bridgehead atoms. The fourth-order valence-electron chi connectivity index (χ4n) is 2.14. The van der Waals surface area contributed by atoms with Gasteiger partial charge in [-0.2, -0.15) is 0 Å². The van der Waals surface area contributed by atoms with Gasteiger partial charge in [0, 0.05) is 6.21 Å². The fraction of sp³-hybridized carbons (Fsp3) is 0.278. The standard InChI is InChI=1S/C18H21N/c1-3-4-9-16-10-8-11-17(15(16)2)14-19-18-12-6-5-7-13-18/h5-8,10-14H,3-4,9H2,1-2H3. The molecule has 0 amide bonds. The van der Waals surface area contributed by atoms with Crippen molar-refractivity contribution in [1.82, 2.24) is 0 Å². The molecule has 98 valence electrons. The summed E-state index contributed by atoms with van der Waals surface area (Å²) in [5, 5.41) is 0. The van der Waals surface area contributed by atoms with Crippen LogP contribution in [0.15, 0.2) is 53.5 Å². The normalized spacial score (nSPS) is 11.1. The molecular weight excluding hydrogens is 230 g/mol. The quantitative estimate of drug-likeness (QED) is 0.656. The van der Waals surface area contributed by atoms with Gasteiger partial charge in [-0.05, 0) is 48.6 Å². The highest BCUT2D eigenvalue weighted by Crippen LogP contribution is 2.16. The highest BCUT2D eigenvalue weighted by molar-refractivity contribution is 5.84. The second-order valence-corrected chi connectivity index (χ2v) is 4.83. The van der Waals surface area contributed by atoms with Gasteiger partial charge in [0.1, 0.15) is 0 Å². The Hall–Kier alpha value is -1.89. The first-order valence-corrected chi connectivity index (χ1v) is 6.99. The predicted octanol–water partition coefficient (Wildman–Crippen LogP) is 5.09. The van der Waals surface area contributed by atoms with Crippen molar-refractivity contribution in [3.05, 3.63) is 65.2 Å². The Bertz CT molecular complexity index is 541. The predicted molar refractivity (Wildman–Crippen MR) is 83.5 cm³/mol. The highest BCUT2D eigenvalue weighted by Gasteiger charge is 2.01. The average Bonchev–Trinajstić information content (AvgIpc) is 2.46. The van der Waals surface area contributed by atoms with Gasteiger partial charge >= 0.3 is 0 Å². The zero-order valence-corrected chi connectivity index (χ0v) is 11.8. The lowest BCUT2D eigenvalue weighted by atomic mass is 9.99. The molecule has 0 aliphatic heterocycles. The van der Waals surface area contributed by atoms with E-state index in [0.29, 0.717) is 0 Å². The van der Waals surface area contributed by atoms with E-state index in [1.807, 2.05) is 36.5 Å². The molecule has 0 atom stereocenters. The van der Waals surface area contributed by atoms with E-state index in [4.69, 9.17) is 0 Å². The third-order valence-electron chi connectivity index (χ3n) is 3.40. The van der Waals surface area contributed by atoms with Gasteiger partial charge in [-0.1, -0.05) is 49.7 Å². The smallest absolute Gasteiger partial charge is 0.0629 e. The van der Waals surface area contributed by atoms with Crippen LogP contribution in [0, 0.1) is 6.92 Å². The Balaban J connectivity index is 2.19. The Morgan fingerprint density at radius 1 is 1.00 bits per heavy atom. The molecule has 0 N–H and O–H groups in total. The number of unbranched alkanes of at least 4 members (excludes halogenated alkanes) is 1. The van der Waals surface area contributed by atoms with Crippen LogP contribution in [0.5, 0.6) is 0 Å². The summed E-state index contributed by atoms with van der Waals surface area (Å²) >= 11 is 0. The summed E-state index contributed by atoms with van der Waals surface area (Å²) in [4.78, 5) is 4.53. The first kappa shape index (κ1) is 13.5. The lowest BCUT2D eigenvalue weighted by Gasteiger charge is -2.07. The first-order chi connectivity index (χ1) is 9.31. The van der Waals surface area contributed by atoms with Crippen molar-refractivity contribution in [1.29, 1.82) is 0 Å². The molecule has 0 radical (unpaired) electrons. The van der Waals surface area contributed by atoms with Crippen molar-refractivity contribution in [3.8, 4) is 0 Å². The molecule has 0 saturated heterocycles. The highest BCUT2D eigenvalue weighted by atomic mass is 14.7. The SMILES string of the molecule is CCCCc1cccc(C=Nc2ccccc2)c1C. The Morgan fingerprint density at radius 2 is 1.79 bits per heavy atom.